The lowest BCUT2D eigenvalue weighted by Gasteiger charge is -2.20. The van der Waals surface area contributed by atoms with Gasteiger partial charge in [-0.05, 0) is 18.4 Å². The third kappa shape index (κ3) is 6.24. The molecule has 6 heteroatoms. The van der Waals surface area contributed by atoms with Crippen molar-refractivity contribution in [2.75, 3.05) is 26.9 Å². The monoisotopic (exact) mass is 310 g/mol. The average molecular weight is 310 g/mol. The van der Waals surface area contributed by atoms with Gasteiger partial charge in [0.25, 0.3) is 0 Å². The van der Waals surface area contributed by atoms with E-state index >= 15 is 0 Å². The summed E-state index contributed by atoms with van der Waals surface area (Å²) < 4.78 is 10.1. The van der Waals surface area contributed by atoms with E-state index in [0.29, 0.717) is 13.2 Å². The van der Waals surface area contributed by atoms with Gasteiger partial charge in [0, 0.05) is 13.7 Å². The fourth-order valence-electron chi connectivity index (χ4n) is 2.22. The standard InChI is InChI=1S/C16H22O6/c1-21-9-10-22-8-7-13(15(17)18)14(16(19)20)11-12-5-3-2-4-6-12/h2-6,13-14H,7-11H2,1H3,(H,17,18)(H,19,20)/t13-,14-/m0/s1. The van der Waals surface area contributed by atoms with Gasteiger partial charge in [0.15, 0.2) is 0 Å². The maximum atomic E-state index is 11.5. The maximum absolute atomic E-state index is 11.5. The van der Waals surface area contributed by atoms with Gasteiger partial charge in [-0.15, -0.1) is 0 Å². The van der Waals surface area contributed by atoms with Crippen LogP contribution in [0.2, 0.25) is 0 Å². The van der Waals surface area contributed by atoms with E-state index in [1.54, 1.807) is 31.4 Å². The van der Waals surface area contributed by atoms with Crippen molar-refractivity contribution in [3.05, 3.63) is 35.9 Å². The maximum Gasteiger partial charge on any atom is 0.307 e. The Bertz CT molecular complexity index is 459. The number of ether oxygens (including phenoxy) is 2. The Labute approximate surface area is 129 Å². The second kappa shape index (κ2) is 9.92. The normalized spacial score (nSPS) is 13.5. The zero-order chi connectivity index (χ0) is 16.4. The molecule has 0 bridgehead atoms. The molecule has 0 unspecified atom stereocenters. The third-order valence-electron chi connectivity index (χ3n) is 3.42. The van der Waals surface area contributed by atoms with Gasteiger partial charge in [-0.1, -0.05) is 30.3 Å². The summed E-state index contributed by atoms with van der Waals surface area (Å²) in [5.74, 6) is -4.18. The Morgan fingerprint density at radius 1 is 1.00 bits per heavy atom. The zero-order valence-corrected chi connectivity index (χ0v) is 12.6. The molecular formula is C16H22O6. The lowest BCUT2D eigenvalue weighted by Crippen LogP contribution is -2.32. The molecule has 1 aromatic carbocycles. The molecule has 1 aromatic rings. The van der Waals surface area contributed by atoms with Crippen LogP contribution in [0.1, 0.15) is 12.0 Å². The second-order valence-electron chi connectivity index (χ2n) is 4.97. The van der Waals surface area contributed by atoms with Gasteiger partial charge < -0.3 is 19.7 Å². The number of hydrogen-bond acceptors (Lipinski definition) is 4. The summed E-state index contributed by atoms with van der Waals surface area (Å²) in [7, 11) is 1.55. The largest absolute Gasteiger partial charge is 0.481 e. The zero-order valence-electron chi connectivity index (χ0n) is 12.6. The molecular weight excluding hydrogens is 288 g/mol. The molecule has 0 spiro atoms. The summed E-state index contributed by atoms with van der Waals surface area (Å²) >= 11 is 0. The van der Waals surface area contributed by atoms with Gasteiger partial charge in [0.1, 0.15) is 0 Å². The average Bonchev–Trinajstić information content (AvgIpc) is 2.49. The van der Waals surface area contributed by atoms with Crippen LogP contribution in [0, 0.1) is 11.8 Å². The molecule has 0 radical (unpaired) electrons. The van der Waals surface area contributed by atoms with Crippen molar-refractivity contribution in [2.24, 2.45) is 11.8 Å². The summed E-state index contributed by atoms with van der Waals surface area (Å²) in [5.41, 5.74) is 0.807. The Morgan fingerprint density at radius 2 is 1.64 bits per heavy atom. The molecule has 0 aliphatic heterocycles. The highest BCUT2D eigenvalue weighted by Crippen LogP contribution is 2.22. The van der Waals surface area contributed by atoms with E-state index in [1.165, 1.54) is 0 Å². The number of aliphatic carboxylic acids is 2. The third-order valence-corrected chi connectivity index (χ3v) is 3.42. The molecule has 122 valence electrons. The number of benzene rings is 1. The van der Waals surface area contributed by atoms with Crippen molar-refractivity contribution in [1.82, 2.24) is 0 Å². The summed E-state index contributed by atoms with van der Waals surface area (Å²) in [6.07, 6.45) is 0.341. The molecule has 0 aliphatic rings. The summed E-state index contributed by atoms with van der Waals surface area (Å²) in [6.45, 7) is 0.974. The van der Waals surface area contributed by atoms with Crippen LogP contribution in [0.4, 0.5) is 0 Å². The molecule has 0 heterocycles. The van der Waals surface area contributed by atoms with Crippen molar-refractivity contribution < 1.29 is 29.3 Å². The van der Waals surface area contributed by atoms with E-state index in [9.17, 15) is 19.8 Å². The minimum absolute atomic E-state index is 0.156. The highest BCUT2D eigenvalue weighted by atomic mass is 16.5. The van der Waals surface area contributed by atoms with Crippen LogP contribution < -0.4 is 0 Å². The first kappa shape index (κ1) is 18.1. The molecule has 0 amide bonds. The van der Waals surface area contributed by atoms with Crippen LogP contribution in [0.3, 0.4) is 0 Å². The molecule has 2 N–H and O–H groups in total. The fourth-order valence-corrected chi connectivity index (χ4v) is 2.22. The predicted molar refractivity (Wildman–Crippen MR) is 79.7 cm³/mol. The summed E-state index contributed by atoms with van der Waals surface area (Å²) in [6, 6.07) is 9.03. The first-order valence-electron chi connectivity index (χ1n) is 7.12. The first-order valence-corrected chi connectivity index (χ1v) is 7.12. The lowest BCUT2D eigenvalue weighted by molar-refractivity contribution is -0.154. The predicted octanol–water partition coefficient (Wildman–Crippen LogP) is 1.68. The lowest BCUT2D eigenvalue weighted by atomic mass is 9.85. The molecule has 1 rings (SSSR count). The molecule has 0 saturated carbocycles. The van der Waals surface area contributed by atoms with Crippen molar-refractivity contribution in [3.63, 3.8) is 0 Å². The van der Waals surface area contributed by atoms with Crippen LogP contribution in [0.15, 0.2) is 30.3 Å². The van der Waals surface area contributed by atoms with E-state index in [1.807, 2.05) is 6.07 Å². The summed E-state index contributed by atoms with van der Waals surface area (Å²) in [5, 5.41) is 18.7. The minimum Gasteiger partial charge on any atom is -0.481 e. The van der Waals surface area contributed by atoms with Crippen molar-refractivity contribution in [3.8, 4) is 0 Å². The van der Waals surface area contributed by atoms with Gasteiger partial charge in [0.05, 0.1) is 25.0 Å². The highest BCUT2D eigenvalue weighted by Gasteiger charge is 2.33. The second-order valence-corrected chi connectivity index (χ2v) is 4.97. The van der Waals surface area contributed by atoms with E-state index in [0.717, 1.165) is 5.56 Å². The van der Waals surface area contributed by atoms with Gasteiger partial charge >= 0.3 is 11.9 Å². The van der Waals surface area contributed by atoms with Gasteiger partial charge in [0.2, 0.25) is 0 Å². The van der Waals surface area contributed by atoms with Crippen LogP contribution in [0.5, 0.6) is 0 Å². The summed E-state index contributed by atoms with van der Waals surface area (Å²) in [4.78, 5) is 22.9. The Balaban J connectivity index is 2.66. The van der Waals surface area contributed by atoms with E-state index in [-0.39, 0.29) is 19.4 Å². The first-order chi connectivity index (χ1) is 10.6. The van der Waals surface area contributed by atoms with Crippen LogP contribution in [0.25, 0.3) is 0 Å². The number of carbonyl (C=O) groups is 2. The van der Waals surface area contributed by atoms with Crippen molar-refractivity contribution in [1.29, 1.82) is 0 Å². The van der Waals surface area contributed by atoms with Gasteiger partial charge in [-0.2, -0.15) is 0 Å². The van der Waals surface area contributed by atoms with Crippen molar-refractivity contribution >= 4 is 11.9 Å². The number of methoxy groups -OCH3 is 1. The number of carboxylic acids is 2. The Kier molecular flexibility index (Phi) is 8.17. The van der Waals surface area contributed by atoms with Crippen LogP contribution in [-0.2, 0) is 25.5 Å². The van der Waals surface area contributed by atoms with Crippen LogP contribution in [-0.4, -0.2) is 49.1 Å². The SMILES string of the molecule is COCCOCC[C@H](C(=O)O)[C@H](Cc1ccccc1)C(=O)O. The fraction of sp³-hybridized carbons (Fsp3) is 0.500. The number of carboxylic acid groups (broad SMARTS) is 2. The van der Waals surface area contributed by atoms with Crippen LogP contribution >= 0.6 is 0 Å². The molecule has 2 atom stereocenters. The highest BCUT2D eigenvalue weighted by molar-refractivity contribution is 5.80. The van der Waals surface area contributed by atoms with E-state index in [4.69, 9.17) is 9.47 Å². The smallest absolute Gasteiger partial charge is 0.307 e. The minimum atomic E-state index is -1.11. The van der Waals surface area contributed by atoms with Gasteiger partial charge in [-0.3, -0.25) is 9.59 Å². The van der Waals surface area contributed by atoms with E-state index < -0.39 is 23.8 Å². The quantitative estimate of drug-likeness (QED) is 0.604. The Hall–Kier alpha value is -1.92. The molecule has 22 heavy (non-hydrogen) atoms. The molecule has 0 aliphatic carbocycles. The number of hydrogen-bond donors (Lipinski definition) is 2. The molecule has 0 saturated heterocycles. The Morgan fingerprint density at radius 3 is 2.18 bits per heavy atom. The van der Waals surface area contributed by atoms with Gasteiger partial charge in [-0.25, -0.2) is 0 Å². The molecule has 6 nitrogen and oxygen atoms in total. The topological polar surface area (TPSA) is 93.1 Å². The number of rotatable bonds is 11. The van der Waals surface area contributed by atoms with Crippen molar-refractivity contribution in [2.45, 2.75) is 12.8 Å². The molecule has 0 aromatic heterocycles. The van der Waals surface area contributed by atoms with E-state index in [2.05, 4.69) is 0 Å². The molecule has 0 fully saturated rings.